The first-order chi connectivity index (χ1) is 12.1. The molecule has 2 aromatic carbocycles. The Morgan fingerprint density at radius 2 is 1.77 bits per heavy atom. The first kappa shape index (κ1) is 19.7. The summed E-state index contributed by atoms with van der Waals surface area (Å²) in [4.78, 5) is 24.6. The molecule has 0 aliphatic carbocycles. The van der Waals surface area contributed by atoms with Crippen molar-refractivity contribution >= 4 is 22.5 Å². The Morgan fingerprint density at radius 1 is 1.12 bits per heavy atom. The van der Waals surface area contributed by atoms with Gasteiger partial charge in [-0.2, -0.15) is 0 Å². The second kappa shape index (κ2) is 7.73. The first-order valence-corrected chi connectivity index (χ1v) is 8.74. The number of benzene rings is 2. The summed E-state index contributed by atoms with van der Waals surface area (Å²) >= 11 is 0. The van der Waals surface area contributed by atoms with E-state index in [1.807, 2.05) is 52.8 Å². The van der Waals surface area contributed by atoms with Gasteiger partial charge in [-0.05, 0) is 66.8 Å². The van der Waals surface area contributed by atoms with Crippen molar-refractivity contribution < 1.29 is 19.4 Å². The van der Waals surface area contributed by atoms with Gasteiger partial charge < -0.3 is 9.84 Å². The summed E-state index contributed by atoms with van der Waals surface area (Å²) < 4.78 is 5.25. The third kappa shape index (κ3) is 4.13. The lowest BCUT2D eigenvalue weighted by atomic mass is 9.90. The van der Waals surface area contributed by atoms with Crippen molar-refractivity contribution in [1.29, 1.82) is 0 Å². The second-order valence-electron chi connectivity index (χ2n) is 7.18. The minimum Gasteiger partial charge on any atom is -0.508 e. The fraction of sp³-hybridized carbons (Fsp3) is 0.364. The molecule has 0 saturated heterocycles. The van der Waals surface area contributed by atoms with Crippen LogP contribution in [0, 0.1) is 6.92 Å². The Morgan fingerprint density at radius 3 is 2.31 bits per heavy atom. The van der Waals surface area contributed by atoms with Crippen LogP contribution in [-0.4, -0.2) is 23.0 Å². The number of hydrogen-bond donors (Lipinski definition) is 1. The Hall–Kier alpha value is -2.62. The Kier molecular flexibility index (Phi) is 5.86. The summed E-state index contributed by atoms with van der Waals surface area (Å²) in [5, 5.41) is 11.9. The Bertz CT molecular complexity index is 887. The SMILES string of the molecule is CC(=O)OC(C=C(C)C)C(=O)c1c(C)ccc2cc(C(C)C)c(O)cc12. The van der Waals surface area contributed by atoms with E-state index in [4.69, 9.17) is 4.74 Å². The summed E-state index contributed by atoms with van der Waals surface area (Å²) in [5.74, 6) is -0.470. The van der Waals surface area contributed by atoms with Crippen molar-refractivity contribution in [2.45, 2.75) is 53.6 Å². The van der Waals surface area contributed by atoms with E-state index in [-0.39, 0.29) is 17.5 Å². The molecule has 0 fully saturated rings. The molecule has 1 N–H and O–H groups in total. The van der Waals surface area contributed by atoms with E-state index in [1.54, 1.807) is 12.1 Å². The molecule has 138 valence electrons. The smallest absolute Gasteiger partial charge is 0.303 e. The van der Waals surface area contributed by atoms with Gasteiger partial charge >= 0.3 is 5.97 Å². The maximum absolute atomic E-state index is 13.2. The molecule has 1 atom stereocenters. The van der Waals surface area contributed by atoms with Gasteiger partial charge in [-0.25, -0.2) is 0 Å². The van der Waals surface area contributed by atoms with E-state index in [2.05, 4.69) is 0 Å². The molecular formula is C22H26O4. The van der Waals surface area contributed by atoms with Crippen LogP contribution < -0.4 is 0 Å². The molecular weight excluding hydrogens is 328 g/mol. The fourth-order valence-electron chi connectivity index (χ4n) is 3.06. The summed E-state index contributed by atoms with van der Waals surface area (Å²) in [6.45, 7) is 10.8. The predicted octanol–water partition coefficient (Wildman–Crippen LogP) is 5.06. The number of ether oxygens (including phenoxy) is 1. The zero-order valence-corrected chi connectivity index (χ0v) is 16.2. The third-order valence-corrected chi connectivity index (χ3v) is 4.28. The summed E-state index contributed by atoms with van der Waals surface area (Å²) in [6.07, 6.45) is 0.665. The number of fused-ring (bicyclic) bond motifs is 1. The van der Waals surface area contributed by atoms with Gasteiger partial charge in [0, 0.05) is 12.5 Å². The van der Waals surface area contributed by atoms with Crippen LogP contribution in [0.3, 0.4) is 0 Å². The average molecular weight is 354 g/mol. The standard InChI is InChI=1S/C22H26O4/c1-12(2)9-20(26-15(6)23)22(25)21-14(5)7-8-16-10-17(13(3)4)19(24)11-18(16)21/h7-11,13,20,24H,1-6H3. The van der Waals surface area contributed by atoms with E-state index in [9.17, 15) is 14.7 Å². The van der Waals surface area contributed by atoms with Crippen molar-refractivity contribution in [2.24, 2.45) is 0 Å². The van der Waals surface area contributed by atoms with Gasteiger partial charge in [0.15, 0.2) is 6.10 Å². The maximum atomic E-state index is 13.2. The molecule has 0 saturated carbocycles. The number of ketones is 1. The maximum Gasteiger partial charge on any atom is 0.303 e. The zero-order chi connectivity index (χ0) is 19.6. The molecule has 0 amide bonds. The van der Waals surface area contributed by atoms with Crippen molar-refractivity contribution in [3.8, 4) is 5.75 Å². The summed E-state index contributed by atoms with van der Waals surface area (Å²) in [7, 11) is 0. The average Bonchev–Trinajstić information content (AvgIpc) is 2.52. The van der Waals surface area contributed by atoms with Crippen LogP contribution in [0.2, 0.25) is 0 Å². The molecule has 2 rings (SSSR count). The van der Waals surface area contributed by atoms with Crippen LogP contribution in [0.25, 0.3) is 10.8 Å². The summed E-state index contributed by atoms with van der Waals surface area (Å²) in [5.41, 5.74) is 2.96. The van der Waals surface area contributed by atoms with Gasteiger partial charge in [-0.15, -0.1) is 0 Å². The van der Waals surface area contributed by atoms with Crippen molar-refractivity contribution in [3.05, 3.63) is 52.6 Å². The molecule has 0 bridgehead atoms. The number of phenolic OH excluding ortho intramolecular Hbond substituents is 1. The van der Waals surface area contributed by atoms with E-state index < -0.39 is 12.1 Å². The molecule has 0 aliphatic rings. The number of aromatic hydroxyl groups is 1. The largest absolute Gasteiger partial charge is 0.508 e. The topological polar surface area (TPSA) is 63.6 Å². The van der Waals surface area contributed by atoms with Crippen molar-refractivity contribution in [2.75, 3.05) is 0 Å². The molecule has 0 radical (unpaired) electrons. The highest BCUT2D eigenvalue weighted by molar-refractivity contribution is 6.12. The van der Waals surface area contributed by atoms with Gasteiger partial charge in [0.05, 0.1) is 0 Å². The number of rotatable bonds is 5. The van der Waals surface area contributed by atoms with E-state index in [0.29, 0.717) is 10.9 Å². The number of aryl methyl sites for hydroxylation is 1. The minimum absolute atomic E-state index is 0.165. The fourth-order valence-corrected chi connectivity index (χ4v) is 3.06. The molecule has 4 nitrogen and oxygen atoms in total. The lowest BCUT2D eigenvalue weighted by Crippen LogP contribution is -2.25. The third-order valence-electron chi connectivity index (χ3n) is 4.28. The van der Waals surface area contributed by atoms with E-state index >= 15 is 0 Å². The molecule has 0 aliphatic heterocycles. The molecule has 0 heterocycles. The van der Waals surface area contributed by atoms with Gasteiger partial charge in [-0.3, -0.25) is 9.59 Å². The van der Waals surface area contributed by atoms with Crippen LogP contribution in [0.1, 0.15) is 62.0 Å². The Labute approximate surface area is 154 Å². The number of allylic oxidation sites excluding steroid dienone is 1. The summed E-state index contributed by atoms with van der Waals surface area (Å²) in [6, 6.07) is 7.37. The Balaban J connectivity index is 2.68. The lowest BCUT2D eigenvalue weighted by Gasteiger charge is -2.18. The number of esters is 1. The highest BCUT2D eigenvalue weighted by Gasteiger charge is 2.25. The lowest BCUT2D eigenvalue weighted by molar-refractivity contribution is -0.142. The number of carbonyl (C=O) groups excluding carboxylic acids is 2. The van der Waals surface area contributed by atoms with Gasteiger partial charge in [-0.1, -0.05) is 31.6 Å². The molecule has 0 spiro atoms. The van der Waals surface area contributed by atoms with Gasteiger partial charge in [0.1, 0.15) is 5.75 Å². The number of phenols is 1. The normalized spacial score (nSPS) is 12.1. The van der Waals surface area contributed by atoms with Crippen LogP contribution in [0.4, 0.5) is 0 Å². The minimum atomic E-state index is -0.978. The van der Waals surface area contributed by atoms with Crippen molar-refractivity contribution in [1.82, 2.24) is 0 Å². The highest BCUT2D eigenvalue weighted by atomic mass is 16.5. The van der Waals surface area contributed by atoms with Crippen molar-refractivity contribution in [3.63, 3.8) is 0 Å². The van der Waals surface area contributed by atoms with E-state index in [0.717, 1.165) is 22.1 Å². The molecule has 0 aromatic heterocycles. The molecule has 4 heteroatoms. The second-order valence-corrected chi connectivity index (χ2v) is 7.18. The monoisotopic (exact) mass is 354 g/mol. The number of Topliss-reactive ketones (excluding diaryl/α,β-unsaturated/α-hetero) is 1. The molecule has 1 unspecified atom stereocenters. The quantitative estimate of drug-likeness (QED) is 0.463. The zero-order valence-electron chi connectivity index (χ0n) is 16.2. The number of carbonyl (C=O) groups is 2. The predicted molar refractivity (Wildman–Crippen MR) is 104 cm³/mol. The number of hydrogen-bond acceptors (Lipinski definition) is 4. The van der Waals surface area contributed by atoms with Crippen LogP contribution in [0.5, 0.6) is 5.75 Å². The van der Waals surface area contributed by atoms with Crippen LogP contribution in [0.15, 0.2) is 35.9 Å². The van der Waals surface area contributed by atoms with Gasteiger partial charge in [0.2, 0.25) is 5.78 Å². The van der Waals surface area contributed by atoms with Crippen LogP contribution >= 0.6 is 0 Å². The van der Waals surface area contributed by atoms with Crippen LogP contribution in [-0.2, 0) is 9.53 Å². The van der Waals surface area contributed by atoms with Gasteiger partial charge in [0.25, 0.3) is 0 Å². The first-order valence-electron chi connectivity index (χ1n) is 8.74. The molecule has 2 aromatic rings. The highest BCUT2D eigenvalue weighted by Crippen LogP contribution is 2.34. The van der Waals surface area contributed by atoms with E-state index in [1.165, 1.54) is 6.92 Å². The molecule has 26 heavy (non-hydrogen) atoms.